The fraction of sp³-hybridized carbons (Fsp3) is 0.357. The summed E-state index contributed by atoms with van der Waals surface area (Å²) in [5.74, 6) is 1.02. The summed E-state index contributed by atoms with van der Waals surface area (Å²) in [7, 11) is 2.02. The van der Waals surface area contributed by atoms with Crippen LogP contribution in [0.3, 0.4) is 0 Å². The van der Waals surface area contributed by atoms with Crippen LogP contribution in [0.5, 0.6) is 0 Å². The van der Waals surface area contributed by atoms with Crippen molar-refractivity contribution in [3.05, 3.63) is 42.2 Å². The third-order valence-corrected chi connectivity index (χ3v) is 2.78. The van der Waals surface area contributed by atoms with E-state index in [4.69, 9.17) is 0 Å². The molecular formula is C14H19N3. The van der Waals surface area contributed by atoms with Crippen LogP contribution in [0.2, 0.25) is 0 Å². The molecule has 0 aliphatic rings. The van der Waals surface area contributed by atoms with E-state index < -0.39 is 0 Å². The van der Waals surface area contributed by atoms with Crippen LogP contribution in [-0.4, -0.2) is 15.6 Å². The molecule has 0 saturated carbocycles. The van der Waals surface area contributed by atoms with Gasteiger partial charge in [-0.2, -0.15) is 0 Å². The number of aryl methyl sites for hydroxylation is 1. The van der Waals surface area contributed by atoms with Gasteiger partial charge in [0.2, 0.25) is 0 Å². The highest BCUT2D eigenvalue weighted by Crippen LogP contribution is 2.21. The standard InChI is InChI=1S/C14H19N3/c1-11(2)16-10-12-6-4-5-7-13(12)14-15-8-9-17(14)3/h4-9,11,16H,10H2,1-3H3. The van der Waals surface area contributed by atoms with E-state index in [0.29, 0.717) is 6.04 Å². The van der Waals surface area contributed by atoms with Gasteiger partial charge in [-0.05, 0) is 5.56 Å². The maximum atomic E-state index is 4.41. The maximum absolute atomic E-state index is 4.41. The number of imidazole rings is 1. The Labute approximate surface area is 103 Å². The molecular weight excluding hydrogens is 210 g/mol. The monoisotopic (exact) mass is 229 g/mol. The van der Waals surface area contributed by atoms with E-state index >= 15 is 0 Å². The lowest BCUT2D eigenvalue weighted by atomic mass is 10.1. The summed E-state index contributed by atoms with van der Waals surface area (Å²) in [6.45, 7) is 5.19. The molecule has 17 heavy (non-hydrogen) atoms. The van der Waals surface area contributed by atoms with Crippen molar-refractivity contribution in [1.29, 1.82) is 0 Å². The van der Waals surface area contributed by atoms with Crippen molar-refractivity contribution >= 4 is 0 Å². The molecule has 2 aromatic rings. The number of nitrogens with zero attached hydrogens (tertiary/aromatic N) is 2. The highest BCUT2D eigenvalue weighted by Gasteiger charge is 2.08. The van der Waals surface area contributed by atoms with Crippen molar-refractivity contribution in [2.45, 2.75) is 26.4 Å². The minimum absolute atomic E-state index is 0.490. The van der Waals surface area contributed by atoms with Crippen LogP contribution in [0, 0.1) is 0 Å². The Morgan fingerprint density at radius 2 is 2.06 bits per heavy atom. The van der Waals surface area contributed by atoms with Gasteiger partial charge in [-0.3, -0.25) is 0 Å². The van der Waals surface area contributed by atoms with Gasteiger partial charge in [0.1, 0.15) is 5.82 Å². The molecule has 0 radical (unpaired) electrons. The largest absolute Gasteiger partial charge is 0.334 e. The highest BCUT2D eigenvalue weighted by atomic mass is 15.0. The Hall–Kier alpha value is -1.61. The molecule has 1 heterocycles. The lowest BCUT2D eigenvalue weighted by molar-refractivity contribution is 0.589. The molecule has 0 amide bonds. The van der Waals surface area contributed by atoms with Crippen LogP contribution in [0.1, 0.15) is 19.4 Å². The first kappa shape index (κ1) is 11.9. The third kappa shape index (κ3) is 2.74. The molecule has 1 aromatic carbocycles. The number of rotatable bonds is 4. The second-order valence-corrected chi connectivity index (χ2v) is 4.55. The highest BCUT2D eigenvalue weighted by molar-refractivity contribution is 5.60. The third-order valence-electron chi connectivity index (χ3n) is 2.78. The molecule has 0 spiro atoms. The predicted molar refractivity (Wildman–Crippen MR) is 70.6 cm³/mol. The SMILES string of the molecule is CC(C)NCc1ccccc1-c1nccn1C. The molecule has 3 heteroatoms. The molecule has 0 aliphatic heterocycles. The zero-order chi connectivity index (χ0) is 12.3. The Kier molecular flexibility index (Phi) is 3.59. The summed E-state index contributed by atoms with van der Waals surface area (Å²) in [4.78, 5) is 4.41. The molecule has 90 valence electrons. The van der Waals surface area contributed by atoms with E-state index in [-0.39, 0.29) is 0 Å². The lowest BCUT2D eigenvalue weighted by Gasteiger charge is -2.12. The van der Waals surface area contributed by atoms with Gasteiger partial charge in [-0.15, -0.1) is 0 Å². The van der Waals surface area contributed by atoms with Gasteiger partial charge in [0.25, 0.3) is 0 Å². The van der Waals surface area contributed by atoms with Crippen LogP contribution < -0.4 is 5.32 Å². The quantitative estimate of drug-likeness (QED) is 0.873. The van der Waals surface area contributed by atoms with Crippen LogP contribution in [0.25, 0.3) is 11.4 Å². The van der Waals surface area contributed by atoms with Crippen LogP contribution in [0.4, 0.5) is 0 Å². The fourth-order valence-electron chi connectivity index (χ4n) is 1.83. The summed E-state index contributed by atoms with van der Waals surface area (Å²) in [5.41, 5.74) is 2.49. The molecule has 1 aromatic heterocycles. The van der Waals surface area contributed by atoms with E-state index in [1.54, 1.807) is 0 Å². The Morgan fingerprint density at radius 3 is 2.71 bits per heavy atom. The normalized spacial score (nSPS) is 11.1. The van der Waals surface area contributed by atoms with Gasteiger partial charge in [-0.1, -0.05) is 38.1 Å². The average Bonchev–Trinajstić information content (AvgIpc) is 2.73. The molecule has 0 bridgehead atoms. The average molecular weight is 229 g/mol. The summed E-state index contributed by atoms with van der Waals surface area (Å²) < 4.78 is 2.05. The van der Waals surface area contributed by atoms with Crippen molar-refractivity contribution in [2.75, 3.05) is 0 Å². The molecule has 0 unspecified atom stereocenters. The Balaban J connectivity index is 2.31. The van der Waals surface area contributed by atoms with Gasteiger partial charge in [0.05, 0.1) is 0 Å². The van der Waals surface area contributed by atoms with Crippen molar-refractivity contribution in [1.82, 2.24) is 14.9 Å². The zero-order valence-electron chi connectivity index (χ0n) is 10.6. The smallest absolute Gasteiger partial charge is 0.139 e. The first-order valence-corrected chi connectivity index (χ1v) is 5.97. The fourth-order valence-corrected chi connectivity index (χ4v) is 1.83. The van der Waals surface area contributed by atoms with E-state index in [1.165, 1.54) is 11.1 Å². The molecule has 3 nitrogen and oxygen atoms in total. The van der Waals surface area contributed by atoms with Crippen molar-refractivity contribution in [3.8, 4) is 11.4 Å². The Bertz CT molecular complexity index is 486. The summed E-state index contributed by atoms with van der Waals surface area (Å²) in [6.07, 6.45) is 3.81. The first-order chi connectivity index (χ1) is 8.18. The van der Waals surface area contributed by atoms with E-state index in [2.05, 4.69) is 48.4 Å². The summed E-state index contributed by atoms with van der Waals surface area (Å²) in [6, 6.07) is 8.90. The zero-order valence-corrected chi connectivity index (χ0v) is 10.6. The minimum Gasteiger partial charge on any atom is -0.334 e. The Morgan fingerprint density at radius 1 is 1.29 bits per heavy atom. The second kappa shape index (κ2) is 5.15. The molecule has 1 N–H and O–H groups in total. The van der Waals surface area contributed by atoms with E-state index in [0.717, 1.165) is 12.4 Å². The van der Waals surface area contributed by atoms with E-state index in [1.807, 2.05) is 24.0 Å². The number of nitrogens with one attached hydrogen (secondary N) is 1. The van der Waals surface area contributed by atoms with Gasteiger partial charge in [0, 0.05) is 37.6 Å². The number of hydrogen-bond donors (Lipinski definition) is 1. The molecule has 0 fully saturated rings. The van der Waals surface area contributed by atoms with Crippen molar-refractivity contribution < 1.29 is 0 Å². The van der Waals surface area contributed by atoms with Gasteiger partial charge < -0.3 is 9.88 Å². The number of benzene rings is 1. The predicted octanol–water partition coefficient (Wildman–Crippen LogP) is 2.59. The first-order valence-electron chi connectivity index (χ1n) is 5.97. The van der Waals surface area contributed by atoms with Gasteiger partial charge in [0.15, 0.2) is 0 Å². The summed E-state index contributed by atoms with van der Waals surface area (Å²) in [5, 5.41) is 3.45. The van der Waals surface area contributed by atoms with E-state index in [9.17, 15) is 0 Å². The topological polar surface area (TPSA) is 29.9 Å². The van der Waals surface area contributed by atoms with Crippen molar-refractivity contribution in [2.24, 2.45) is 7.05 Å². The van der Waals surface area contributed by atoms with Crippen molar-refractivity contribution in [3.63, 3.8) is 0 Å². The maximum Gasteiger partial charge on any atom is 0.139 e. The summed E-state index contributed by atoms with van der Waals surface area (Å²) >= 11 is 0. The number of aromatic nitrogens is 2. The van der Waals surface area contributed by atoms with Crippen LogP contribution >= 0.6 is 0 Å². The molecule has 2 rings (SSSR count). The second-order valence-electron chi connectivity index (χ2n) is 4.55. The van der Waals surface area contributed by atoms with Crippen LogP contribution in [-0.2, 0) is 13.6 Å². The lowest BCUT2D eigenvalue weighted by Crippen LogP contribution is -2.22. The molecule has 0 aliphatic carbocycles. The van der Waals surface area contributed by atoms with Crippen LogP contribution in [0.15, 0.2) is 36.7 Å². The number of hydrogen-bond acceptors (Lipinski definition) is 2. The molecule has 0 saturated heterocycles. The van der Waals surface area contributed by atoms with Gasteiger partial charge in [-0.25, -0.2) is 4.98 Å². The minimum atomic E-state index is 0.490. The van der Waals surface area contributed by atoms with Gasteiger partial charge >= 0.3 is 0 Å². The molecule has 0 atom stereocenters.